The van der Waals surface area contributed by atoms with Gasteiger partial charge < -0.3 is 48.3 Å². The summed E-state index contributed by atoms with van der Waals surface area (Å²) >= 11 is 14.5. The van der Waals surface area contributed by atoms with Crippen molar-refractivity contribution in [2.45, 2.75) is 234 Å². The molecular weight excluding hydrogens is 2260 g/mol. The summed E-state index contributed by atoms with van der Waals surface area (Å²) < 4.78 is 50.6. The zero-order chi connectivity index (χ0) is 104. The van der Waals surface area contributed by atoms with Crippen LogP contribution in [0.3, 0.4) is 0 Å². The molecule has 2 saturated heterocycles. The van der Waals surface area contributed by atoms with Crippen molar-refractivity contribution in [3.05, 3.63) is 340 Å². The molecular formula is C120H140B3Br2I2K3O12P2. The van der Waals surface area contributed by atoms with Crippen LogP contribution in [0.4, 0.5) is 0 Å². The van der Waals surface area contributed by atoms with Gasteiger partial charge in [-0.2, -0.15) is 0 Å². The maximum absolute atomic E-state index is 8.87. The zero-order valence-corrected chi connectivity index (χ0v) is 107. The molecule has 0 radical (unpaired) electrons. The number of benzene rings is 13. The van der Waals surface area contributed by atoms with Crippen molar-refractivity contribution in [1.82, 2.24) is 0 Å². The monoisotopic (exact) mass is 2400 g/mol. The second-order valence-corrected chi connectivity index (χ2v) is 46.5. The van der Waals surface area contributed by atoms with E-state index in [1.807, 2.05) is 12.1 Å². The fraction of sp³-hybridized carbons (Fsp3) is 0.350. The van der Waals surface area contributed by atoms with Crippen molar-refractivity contribution >= 4 is 199 Å². The second kappa shape index (κ2) is 64.5. The Kier molecular flexibility index (Phi) is 55.8. The van der Waals surface area contributed by atoms with E-state index in [1.54, 1.807) is 43.8 Å². The standard InChI is InChI=1S/C28H32B2O4.C26H35O2P.C24H24Br2.C24H26.C12H16I2.C6H7BO2.3K.HO4P/c1-19(2)25-17-28(22-7-11-24(12-8-22)30-33-15-16-34-30)26(20(3)4)18-27(25)21-5-9-23(10-6-21)29-31-13-14-32-29;1-27-23-17-11-18-24(28-2)26(23)22-16-9-10-19-25(22)29(20-12-5-3-6-13-20)21-14-7-4-8-15-21;1-15(2)21-13-24(18-7-11-20(26)12-8-18)22(16(3)4)14-23(21)17-5-9-19(25)10-6-17;1-17(2)21-15-24(20-13-9-6-10-14-20)22(18(3)4)16-23(21)19-11-7-5-8-12-19;1-7(2)9-5-12(14)10(8(3)4)6-11(9)13;8-7(9)6-4-2-1-3-5-6;;;;1-4-5(2)3/h5-12,17-20H,13-16H2,1-4H3;9-11,16-21H,3-8,12-15H2,1-2H3;5-16H,1-4H3;5-18H,1-4H3;5-8H,1-4H3;1-5,8-9H;;;;1H/q;;;;;;;;+1;/p-1. The predicted molar refractivity (Wildman–Crippen MR) is 628 cm³/mol. The van der Waals surface area contributed by atoms with Crippen molar-refractivity contribution < 1.29 is 109 Å². The van der Waals surface area contributed by atoms with E-state index in [0.29, 0.717) is 79.2 Å². The fourth-order valence-electron chi connectivity index (χ4n) is 19.0. The molecule has 24 heteroatoms. The Bertz CT molecular complexity index is 5760. The Balaban J connectivity index is 0.000000196. The molecule has 144 heavy (non-hydrogen) atoms. The summed E-state index contributed by atoms with van der Waals surface area (Å²) in [4.78, 5) is 8.87. The van der Waals surface area contributed by atoms with Gasteiger partial charge in [0.1, 0.15) is 11.5 Å². The van der Waals surface area contributed by atoms with Crippen LogP contribution >= 0.6 is 93.2 Å². The normalized spacial score (nSPS) is 13.7. The van der Waals surface area contributed by atoms with E-state index >= 15 is 0 Å². The quantitative estimate of drug-likeness (QED) is 0.0193. The van der Waals surface area contributed by atoms with E-state index in [1.165, 1.54) is 251 Å². The first-order valence-electron chi connectivity index (χ1n) is 51.1. The molecule has 2 N–H and O–H groups in total. The second-order valence-electron chi connectivity index (χ2n) is 39.0. The maximum atomic E-state index is 8.87. The molecule has 13 aromatic rings. The molecule has 2 heterocycles. The Morgan fingerprint density at radius 2 is 0.625 bits per heavy atom. The Morgan fingerprint density at radius 1 is 0.368 bits per heavy atom. The van der Waals surface area contributed by atoms with Gasteiger partial charge in [-0.3, -0.25) is 0 Å². The molecule has 2 aliphatic carbocycles. The first-order chi connectivity index (χ1) is 68.8. The van der Waals surface area contributed by atoms with Crippen molar-refractivity contribution in [1.29, 1.82) is 0 Å². The summed E-state index contributed by atoms with van der Waals surface area (Å²) in [6.45, 7) is 38.9. The Labute approximate surface area is 996 Å². The van der Waals surface area contributed by atoms with Crippen molar-refractivity contribution in [3.8, 4) is 89.4 Å². The predicted octanol–water partition coefficient (Wildman–Crippen LogP) is 27.0. The van der Waals surface area contributed by atoms with E-state index < -0.39 is 15.4 Å². The van der Waals surface area contributed by atoms with E-state index in [2.05, 4.69) is 435 Å². The number of methoxy groups -OCH3 is 2. The molecule has 0 spiro atoms. The van der Waals surface area contributed by atoms with Crippen LogP contribution in [0.15, 0.2) is 288 Å². The molecule has 2 aliphatic heterocycles. The van der Waals surface area contributed by atoms with E-state index in [4.69, 9.17) is 52.9 Å². The summed E-state index contributed by atoms with van der Waals surface area (Å²) in [6.07, 6.45) is 14.2. The first kappa shape index (κ1) is 125. The molecule has 1 unspecified atom stereocenters. The van der Waals surface area contributed by atoms with Crippen LogP contribution in [0.1, 0.15) is 267 Å². The molecule has 2 saturated carbocycles. The van der Waals surface area contributed by atoms with Crippen LogP contribution in [0.25, 0.3) is 77.9 Å². The van der Waals surface area contributed by atoms with Gasteiger partial charge in [0.15, 0.2) is 0 Å². The van der Waals surface area contributed by atoms with Gasteiger partial charge in [-0.15, -0.1) is 0 Å². The molecule has 1 atom stereocenters. The molecule has 4 aliphatic rings. The van der Waals surface area contributed by atoms with E-state index in [0.717, 1.165) is 48.3 Å². The van der Waals surface area contributed by atoms with Crippen molar-refractivity contribution in [2.75, 3.05) is 40.6 Å². The van der Waals surface area contributed by atoms with Gasteiger partial charge >= 0.3 is 144 Å². The summed E-state index contributed by atoms with van der Waals surface area (Å²) in [6, 6.07) is 99.2. The van der Waals surface area contributed by atoms with Crippen molar-refractivity contribution in [3.63, 3.8) is 0 Å². The molecule has 12 nitrogen and oxygen atoms in total. The minimum atomic E-state index is -3.15. The molecule has 0 bridgehead atoms. The minimum absolute atomic E-state index is 0. The summed E-state index contributed by atoms with van der Waals surface area (Å²) in [5.41, 5.74) is 33.8. The van der Waals surface area contributed by atoms with Crippen LogP contribution in [-0.4, -0.2) is 147 Å². The molecule has 0 amide bonds. The van der Waals surface area contributed by atoms with Crippen molar-refractivity contribution in [2.24, 2.45) is 0 Å². The van der Waals surface area contributed by atoms with E-state index in [9.17, 15) is 0 Å². The van der Waals surface area contributed by atoms with Crippen LogP contribution in [0.5, 0.6) is 11.5 Å². The third-order valence-electron chi connectivity index (χ3n) is 26.4. The van der Waals surface area contributed by atoms with Crippen LogP contribution < -0.4 is 92.7 Å². The van der Waals surface area contributed by atoms with Gasteiger partial charge in [0.25, 0.3) is 0 Å². The average molecular weight is 2400 g/mol. The fourth-order valence-corrected chi connectivity index (χ4v) is 25.7. The third kappa shape index (κ3) is 36.4. The summed E-state index contributed by atoms with van der Waals surface area (Å²) in [5, 5.41) is 27.3. The van der Waals surface area contributed by atoms with Gasteiger partial charge in [0, 0.05) is 16.1 Å². The summed E-state index contributed by atoms with van der Waals surface area (Å²) in [5.74, 6) is 5.78. The Hall–Kier alpha value is -2.85. The Morgan fingerprint density at radius 3 is 0.882 bits per heavy atom. The van der Waals surface area contributed by atoms with E-state index in [-0.39, 0.29) is 73.5 Å². The van der Waals surface area contributed by atoms with Gasteiger partial charge in [0.2, 0.25) is 0 Å². The molecule has 0 aromatic heterocycles. The molecule has 13 aromatic carbocycles. The topological polar surface area (TPSA) is 168 Å². The van der Waals surface area contributed by atoms with Gasteiger partial charge in [-0.1, -0.05) is 383 Å². The molecule has 742 valence electrons. The van der Waals surface area contributed by atoms with Gasteiger partial charge in [-0.05, 0) is 358 Å². The summed E-state index contributed by atoms with van der Waals surface area (Å²) in [7, 11) is -1.62. The number of hydrogen-bond acceptors (Lipinski definition) is 12. The average Bonchev–Trinajstić information content (AvgIpc) is 0.981. The van der Waals surface area contributed by atoms with Crippen LogP contribution in [0.2, 0.25) is 0 Å². The number of rotatable bonds is 24. The number of halogens is 4. The van der Waals surface area contributed by atoms with Gasteiger partial charge in [0.05, 0.1) is 46.2 Å². The number of ether oxygens (including phenoxy) is 2. The number of hydrogen-bond donors (Lipinski definition) is 2. The third-order valence-corrected chi connectivity index (χ3v) is 33.0. The first-order valence-corrected chi connectivity index (χ1v) is 73.4. The zero-order valence-electron chi connectivity index (χ0n) is 88.3. The molecule has 17 rings (SSSR count). The van der Waals surface area contributed by atoms with Crippen LogP contribution in [-0.2, 0) is 27.9 Å². The van der Waals surface area contributed by atoms with Gasteiger partial charge in [-0.25, -0.2) is 4.67 Å². The SMILES string of the molecule is CC(C)c1cc(-c2ccc(B3OCCO3)cc2)c(C(C)C)cc1-c1ccc(B2OCCO2)cc1.CC(C)c1cc(-c2ccc(Br)cc2)c(C(C)C)cc1-c1ccc(Br)cc1.CC(C)c1cc(-c2ccccc2)c(C(C)C)cc1-c1ccccc1.CC(C)c1cc(I)c(C(C)C)cc1I.COc1cccc(OC)c1-c1ccccc1P(C1CCCCC1)C1CCCCC1.O=[P+]([O-])O[O-].OB(O)c1ccccc1.[K+].[K][K]. The van der Waals surface area contributed by atoms with Crippen LogP contribution in [0, 0.1) is 7.14 Å². The molecule has 4 fully saturated rings.